The second-order valence-electron chi connectivity index (χ2n) is 5.29. The second kappa shape index (κ2) is 3.76. The van der Waals surface area contributed by atoms with Crippen LogP contribution in [0.2, 0.25) is 0 Å². The highest BCUT2D eigenvalue weighted by molar-refractivity contribution is 5.78. The van der Waals surface area contributed by atoms with E-state index >= 15 is 0 Å². The summed E-state index contributed by atoms with van der Waals surface area (Å²) in [4.78, 5) is 4.43. The van der Waals surface area contributed by atoms with Gasteiger partial charge in [-0.05, 0) is 36.8 Å². The van der Waals surface area contributed by atoms with E-state index in [0.29, 0.717) is 11.4 Å². The van der Waals surface area contributed by atoms with Crippen LogP contribution >= 0.6 is 0 Å². The molecule has 0 atom stereocenters. The molecule has 1 heterocycles. The number of aromatic nitrogens is 2. The van der Waals surface area contributed by atoms with Crippen molar-refractivity contribution < 1.29 is 0 Å². The Morgan fingerprint density at radius 3 is 2.82 bits per heavy atom. The lowest BCUT2D eigenvalue weighted by atomic mass is 10.0. The molecular weight excluding hydrogens is 210 g/mol. The molecule has 0 amide bonds. The quantitative estimate of drug-likeness (QED) is 0.875. The van der Waals surface area contributed by atoms with Crippen molar-refractivity contribution in [2.24, 2.45) is 5.41 Å². The van der Waals surface area contributed by atoms with Crippen molar-refractivity contribution in [3.05, 3.63) is 24.3 Å². The minimum absolute atomic E-state index is 0.506. The molecule has 3 rings (SSSR count). The van der Waals surface area contributed by atoms with Gasteiger partial charge in [0.05, 0.1) is 11.0 Å². The minimum atomic E-state index is 0.506. The van der Waals surface area contributed by atoms with Crippen molar-refractivity contribution in [1.82, 2.24) is 9.55 Å². The molecule has 0 saturated heterocycles. The smallest absolute Gasteiger partial charge is 0.201 e. The number of nitrogen functional groups attached to an aromatic ring is 1. The molecule has 0 unspecified atom stereocenters. The Morgan fingerprint density at radius 1 is 1.35 bits per heavy atom. The number of fused-ring (bicyclic) bond motifs is 1. The van der Waals surface area contributed by atoms with Crippen LogP contribution in [0.25, 0.3) is 11.0 Å². The Labute approximate surface area is 102 Å². The maximum absolute atomic E-state index is 6.04. The molecule has 1 saturated carbocycles. The third-order valence-electron chi connectivity index (χ3n) is 3.92. The van der Waals surface area contributed by atoms with Gasteiger partial charge >= 0.3 is 0 Å². The van der Waals surface area contributed by atoms with Crippen molar-refractivity contribution in [2.75, 3.05) is 5.73 Å². The van der Waals surface area contributed by atoms with Crippen LogP contribution in [0, 0.1) is 5.41 Å². The lowest BCUT2D eigenvalue weighted by molar-refractivity contribution is 0.396. The minimum Gasteiger partial charge on any atom is -0.369 e. The molecule has 90 valence electrons. The largest absolute Gasteiger partial charge is 0.369 e. The first-order valence-electron chi connectivity index (χ1n) is 6.45. The lowest BCUT2D eigenvalue weighted by Crippen LogP contribution is -2.13. The SMILES string of the molecule is CCCC1(Cn2c(N)nc3ccccc32)CC1. The molecule has 0 radical (unpaired) electrons. The number of benzene rings is 1. The molecule has 1 fully saturated rings. The Hall–Kier alpha value is -1.51. The first kappa shape index (κ1) is 10.6. The average Bonchev–Trinajstić information content (AvgIpc) is 3.00. The Kier molecular flexibility index (Phi) is 2.35. The number of nitrogens with two attached hydrogens (primary N) is 1. The fraction of sp³-hybridized carbons (Fsp3) is 0.500. The van der Waals surface area contributed by atoms with Gasteiger partial charge in [0, 0.05) is 6.54 Å². The van der Waals surface area contributed by atoms with Gasteiger partial charge in [0.1, 0.15) is 0 Å². The maximum Gasteiger partial charge on any atom is 0.201 e. The van der Waals surface area contributed by atoms with Crippen LogP contribution in [0.5, 0.6) is 0 Å². The predicted octanol–water partition coefficient (Wildman–Crippen LogP) is 3.20. The number of anilines is 1. The normalized spacial score (nSPS) is 17.5. The van der Waals surface area contributed by atoms with Gasteiger partial charge in [-0.1, -0.05) is 25.5 Å². The van der Waals surface area contributed by atoms with Gasteiger partial charge in [0.2, 0.25) is 5.95 Å². The molecule has 0 bridgehead atoms. The first-order valence-corrected chi connectivity index (χ1v) is 6.45. The van der Waals surface area contributed by atoms with Gasteiger partial charge in [-0.25, -0.2) is 4.98 Å². The summed E-state index contributed by atoms with van der Waals surface area (Å²) >= 11 is 0. The van der Waals surface area contributed by atoms with E-state index in [1.165, 1.54) is 31.2 Å². The number of imidazole rings is 1. The van der Waals surface area contributed by atoms with Crippen LogP contribution in [-0.4, -0.2) is 9.55 Å². The van der Waals surface area contributed by atoms with Crippen molar-refractivity contribution in [1.29, 1.82) is 0 Å². The summed E-state index contributed by atoms with van der Waals surface area (Å²) in [6.45, 7) is 3.29. The zero-order chi connectivity index (χ0) is 11.9. The van der Waals surface area contributed by atoms with E-state index in [-0.39, 0.29) is 0 Å². The molecule has 3 nitrogen and oxygen atoms in total. The number of hydrogen-bond donors (Lipinski definition) is 1. The monoisotopic (exact) mass is 229 g/mol. The second-order valence-corrected chi connectivity index (χ2v) is 5.29. The van der Waals surface area contributed by atoms with Crippen molar-refractivity contribution in [3.63, 3.8) is 0 Å². The number of nitrogens with zero attached hydrogens (tertiary/aromatic N) is 2. The molecule has 0 spiro atoms. The van der Waals surface area contributed by atoms with Crippen molar-refractivity contribution in [3.8, 4) is 0 Å². The van der Waals surface area contributed by atoms with E-state index in [4.69, 9.17) is 5.73 Å². The van der Waals surface area contributed by atoms with Crippen LogP contribution in [0.4, 0.5) is 5.95 Å². The number of hydrogen-bond acceptors (Lipinski definition) is 2. The molecule has 17 heavy (non-hydrogen) atoms. The van der Waals surface area contributed by atoms with Crippen molar-refractivity contribution in [2.45, 2.75) is 39.2 Å². The summed E-state index contributed by atoms with van der Waals surface area (Å²) in [5.41, 5.74) is 8.73. The Morgan fingerprint density at radius 2 is 2.12 bits per heavy atom. The summed E-state index contributed by atoms with van der Waals surface area (Å²) in [6, 6.07) is 8.21. The van der Waals surface area contributed by atoms with Gasteiger partial charge in [0.25, 0.3) is 0 Å². The Balaban J connectivity index is 1.97. The maximum atomic E-state index is 6.04. The zero-order valence-corrected chi connectivity index (χ0v) is 10.3. The zero-order valence-electron chi connectivity index (χ0n) is 10.3. The van der Waals surface area contributed by atoms with Gasteiger partial charge < -0.3 is 10.3 Å². The molecular formula is C14H19N3. The third-order valence-corrected chi connectivity index (χ3v) is 3.92. The van der Waals surface area contributed by atoms with Gasteiger partial charge in [0.15, 0.2) is 0 Å². The highest BCUT2D eigenvalue weighted by Crippen LogP contribution is 2.51. The fourth-order valence-electron chi connectivity index (χ4n) is 2.79. The third kappa shape index (κ3) is 1.79. The summed E-state index contributed by atoms with van der Waals surface area (Å²) in [5, 5.41) is 0. The molecule has 2 N–H and O–H groups in total. The van der Waals surface area contributed by atoms with Crippen LogP contribution in [0.15, 0.2) is 24.3 Å². The van der Waals surface area contributed by atoms with Gasteiger partial charge in [-0.15, -0.1) is 0 Å². The number of para-hydroxylation sites is 2. The fourth-order valence-corrected chi connectivity index (χ4v) is 2.79. The molecule has 3 heteroatoms. The molecule has 0 aliphatic heterocycles. The van der Waals surface area contributed by atoms with E-state index in [1.807, 2.05) is 12.1 Å². The van der Waals surface area contributed by atoms with E-state index in [2.05, 4.69) is 28.6 Å². The van der Waals surface area contributed by atoms with Crippen LogP contribution in [0.1, 0.15) is 32.6 Å². The van der Waals surface area contributed by atoms with Crippen LogP contribution < -0.4 is 5.73 Å². The standard InChI is InChI=1S/C14H19N3/c1-2-7-14(8-9-14)10-17-12-6-4-3-5-11(12)16-13(17)15/h3-6H,2,7-10H2,1H3,(H2,15,16). The van der Waals surface area contributed by atoms with Crippen LogP contribution in [-0.2, 0) is 6.54 Å². The summed E-state index contributed by atoms with van der Waals surface area (Å²) in [6.07, 6.45) is 5.24. The molecule has 1 aromatic heterocycles. The summed E-state index contributed by atoms with van der Waals surface area (Å²) in [7, 11) is 0. The summed E-state index contributed by atoms with van der Waals surface area (Å²) in [5.74, 6) is 0.661. The van der Waals surface area contributed by atoms with E-state index in [0.717, 1.165) is 12.1 Å². The van der Waals surface area contributed by atoms with Crippen LogP contribution in [0.3, 0.4) is 0 Å². The van der Waals surface area contributed by atoms with E-state index < -0.39 is 0 Å². The van der Waals surface area contributed by atoms with E-state index in [1.54, 1.807) is 0 Å². The number of rotatable bonds is 4. The van der Waals surface area contributed by atoms with Gasteiger partial charge in [-0.2, -0.15) is 0 Å². The predicted molar refractivity (Wildman–Crippen MR) is 70.7 cm³/mol. The molecule has 1 aliphatic rings. The highest BCUT2D eigenvalue weighted by atomic mass is 15.2. The molecule has 1 aromatic carbocycles. The van der Waals surface area contributed by atoms with E-state index in [9.17, 15) is 0 Å². The van der Waals surface area contributed by atoms with Gasteiger partial charge in [-0.3, -0.25) is 0 Å². The highest BCUT2D eigenvalue weighted by Gasteiger charge is 2.42. The molecule has 1 aliphatic carbocycles. The average molecular weight is 229 g/mol. The summed E-state index contributed by atoms with van der Waals surface area (Å²) < 4.78 is 2.19. The molecule has 2 aromatic rings. The Bertz CT molecular complexity index is 537. The van der Waals surface area contributed by atoms with Crippen molar-refractivity contribution >= 4 is 17.0 Å². The first-order chi connectivity index (χ1) is 8.24. The topological polar surface area (TPSA) is 43.8 Å². The lowest BCUT2D eigenvalue weighted by Gasteiger charge is -2.16.